The molecule has 204 valence electrons. The second kappa shape index (κ2) is 11.0. The zero-order chi connectivity index (χ0) is 26.9. The normalized spacial score (nSPS) is 19.5. The van der Waals surface area contributed by atoms with Gasteiger partial charge in [0.1, 0.15) is 5.82 Å². The Labute approximate surface area is 234 Å². The molecule has 0 bridgehead atoms. The van der Waals surface area contributed by atoms with E-state index in [-0.39, 0.29) is 11.9 Å². The Balaban J connectivity index is 1.35. The largest absolute Gasteiger partial charge is 0.356 e. The average molecular weight is 535 g/mol. The average Bonchev–Trinajstić information content (AvgIpc) is 3.53. The van der Waals surface area contributed by atoms with Gasteiger partial charge in [-0.2, -0.15) is 0 Å². The van der Waals surface area contributed by atoms with Gasteiger partial charge in [0, 0.05) is 42.9 Å². The highest BCUT2D eigenvalue weighted by Gasteiger charge is 2.27. The maximum Gasteiger partial charge on any atom is 0.123 e. The van der Waals surface area contributed by atoms with E-state index in [1.807, 2.05) is 42.7 Å². The number of fused-ring (bicyclic) bond motifs is 2. The molecule has 0 radical (unpaired) electrons. The van der Waals surface area contributed by atoms with Crippen molar-refractivity contribution in [1.29, 1.82) is 0 Å². The topological polar surface area (TPSA) is 57.8 Å². The van der Waals surface area contributed by atoms with Crippen LogP contribution in [0.25, 0.3) is 28.1 Å². The summed E-state index contributed by atoms with van der Waals surface area (Å²) in [6.45, 7) is 2.24. The Hall–Kier alpha value is -3.84. The summed E-state index contributed by atoms with van der Waals surface area (Å²) in [5.74, 6) is -0.249. The number of aromatic nitrogens is 2. The van der Waals surface area contributed by atoms with Crippen LogP contribution in [0, 0.1) is 5.82 Å². The molecule has 0 aromatic heterocycles. The lowest BCUT2D eigenvalue weighted by Crippen LogP contribution is -2.41. The maximum absolute atomic E-state index is 13.9. The number of rotatable bonds is 5. The van der Waals surface area contributed by atoms with Gasteiger partial charge < -0.3 is 14.8 Å². The van der Waals surface area contributed by atoms with Gasteiger partial charge in [-0.15, -0.1) is 0 Å². The number of benzene rings is 3. The Morgan fingerprint density at radius 2 is 1.73 bits per heavy atom. The van der Waals surface area contributed by atoms with Gasteiger partial charge in [-0.1, -0.05) is 25.0 Å². The standard InChI is InChI=1S/C33H35FN6/c34-23-11-13-27(14-12-23)40-32-10-4-3-9-28(32)38-31-20-29(37-25-6-5-17-35-22-25)30(21-33(31)40)36-24-15-18-39(19-16-24)26-7-1-2-8-26/h3-4,9-14,17,20-22,24,26,37H,1-2,5-8,15-16,18-19H2. The fourth-order valence-corrected chi connectivity index (χ4v) is 6.53. The molecule has 7 rings (SSSR count). The number of anilines is 1. The van der Waals surface area contributed by atoms with Crippen molar-refractivity contribution in [2.45, 2.75) is 63.5 Å². The number of hydrogen-bond acceptors (Lipinski definition) is 5. The lowest BCUT2D eigenvalue weighted by atomic mass is 10.0. The molecule has 2 aromatic rings. The highest BCUT2D eigenvalue weighted by molar-refractivity contribution is 5.84. The summed E-state index contributed by atoms with van der Waals surface area (Å²) in [4.78, 5) is 17.5. The summed E-state index contributed by atoms with van der Waals surface area (Å²) in [6.07, 6.45) is 13.3. The van der Waals surface area contributed by atoms with E-state index >= 15 is 0 Å². The van der Waals surface area contributed by atoms with E-state index in [9.17, 15) is 4.39 Å². The van der Waals surface area contributed by atoms with Gasteiger partial charge in [-0.3, -0.25) is 9.98 Å². The first kappa shape index (κ1) is 25.1. The lowest BCUT2D eigenvalue weighted by Gasteiger charge is -2.34. The molecule has 5 aliphatic rings. The Morgan fingerprint density at radius 3 is 2.50 bits per heavy atom. The molecule has 0 atom stereocenters. The fraction of sp³-hybridized carbons (Fsp3) is 0.364. The monoisotopic (exact) mass is 534 g/mol. The van der Waals surface area contributed by atoms with Crippen LogP contribution in [0.3, 0.4) is 0 Å². The number of para-hydroxylation sites is 2. The van der Waals surface area contributed by atoms with Gasteiger partial charge in [0.15, 0.2) is 0 Å². The molecule has 0 amide bonds. The van der Waals surface area contributed by atoms with Crippen molar-refractivity contribution in [1.82, 2.24) is 14.5 Å². The van der Waals surface area contributed by atoms with Gasteiger partial charge in [0.05, 0.1) is 39.5 Å². The SMILES string of the molecule is Fc1ccc(-n2c3cc(=NC4CCN(C5CCCC5)CC4)c(NC4=CN=CCC4)cc-3nc3ccccc32)cc1. The van der Waals surface area contributed by atoms with Gasteiger partial charge in [-0.25, -0.2) is 9.37 Å². The number of nitrogens with one attached hydrogen (secondary N) is 1. The lowest BCUT2D eigenvalue weighted by molar-refractivity contribution is 0.154. The molecule has 7 heteroatoms. The predicted octanol–water partition coefficient (Wildman–Crippen LogP) is 6.70. The molecule has 2 aliphatic carbocycles. The van der Waals surface area contributed by atoms with Crippen LogP contribution in [-0.4, -0.2) is 45.8 Å². The van der Waals surface area contributed by atoms with Crippen molar-refractivity contribution in [3.63, 3.8) is 0 Å². The third-order valence-electron chi connectivity index (χ3n) is 8.62. The van der Waals surface area contributed by atoms with E-state index in [4.69, 9.17) is 9.98 Å². The summed E-state index contributed by atoms with van der Waals surface area (Å²) < 4.78 is 16.1. The molecule has 0 spiro atoms. The van der Waals surface area contributed by atoms with E-state index < -0.39 is 0 Å². The van der Waals surface area contributed by atoms with Crippen LogP contribution in [0.2, 0.25) is 0 Å². The van der Waals surface area contributed by atoms with Crippen LogP contribution < -0.4 is 10.7 Å². The van der Waals surface area contributed by atoms with Gasteiger partial charge >= 0.3 is 0 Å². The van der Waals surface area contributed by atoms with Crippen molar-refractivity contribution in [2.24, 2.45) is 9.98 Å². The number of nitrogens with zero attached hydrogens (tertiary/aromatic N) is 5. The van der Waals surface area contributed by atoms with Crippen molar-refractivity contribution < 1.29 is 4.39 Å². The Morgan fingerprint density at radius 1 is 0.925 bits per heavy atom. The van der Waals surface area contributed by atoms with Crippen LogP contribution in [0.1, 0.15) is 51.4 Å². The number of likely N-dealkylation sites (tertiary alicyclic amines) is 1. The zero-order valence-corrected chi connectivity index (χ0v) is 22.8. The van der Waals surface area contributed by atoms with Gasteiger partial charge in [0.25, 0.3) is 0 Å². The first-order valence-corrected chi connectivity index (χ1v) is 14.7. The minimum atomic E-state index is -0.249. The molecule has 1 saturated heterocycles. The van der Waals surface area contributed by atoms with Crippen molar-refractivity contribution in [2.75, 3.05) is 18.4 Å². The third kappa shape index (κ3) is 5.06. The summed E-state index contributed by atoms with van der Waals surface area (Å²) in [5, 5.41) is 4.58. The van der Waals surface area contributed by atoms with E-state index in [1.165, 1.54) is 37.8 Å². The number of aliphatic imine (C=N–C) groups is 1. The smallest absolute Gasteiger partial charge is 0.123 e. The molecular weight excluding hydrogens is 499 g/mol. The van der Waals surface area contributed by atoms with E-state index in [2.05, 4.69) is 38.0 Å². The molecule has 0 unspecified atom stereocenters. The van der Waals surface area contributed by atoms with Crippen LogP contribution in [0.15, 0.2) is 82.5 Å². The predicted molar refractivity (Wildman–Crippen MR) is 159 cm³/mol. The number of piperidine rings is 1. The second-order valence-corrected chi connectivity index (χ2v) is 11.3. The van der Waals surface area contributed by atoms with E-state index in [0.29, 0.717) is 0 Å². The molecule has 1 N–H and O–H groups in total. The number of hydrogen-bond donors (Lipinski definition) is 1. The Kier molecular flexibility index (Phi) is 6.90. The first-order chi connectivity index (χ1) is 19.7. The zero-order valence-electron chi connectivity index (χ0n) is 22.8. The van der Waals surface area contributed by atoms with Gasteiger partial charge in [0.2, 0.25) is 0 Å². The van der Waals surface area contributed by atoms with E-state index in [0.717, 1.165) is 89.7 Å². The first-order valence-electron chi connectivity index (χ1n) is 14.7. The molecule has 3 aliphatic heterocycles. The molecule has 3 heterocycles. The summed E-state index contributed by atoms with van der Waals surface area (Å²) in [7, 11) is 0. The fourth-order valence-electron chi connectivity index (χ4n) is 6.53. The number of allylic oxidation sites excluding steroid dienone is 1. The van der Waals surface area contributed by atoms with Crippen LogP contribution in [-0.2, 0) is 0 Å². The molecule has 2 fully saturated rings. The highest BCUT2D eigenvalue weighted by Crippen LogP contribution is 2.31. The molecule has 40 heavy (non-hydrogen) atoms. The quantitative estimate of drug-likeness (QED) is 0.290. The van der Waals surface area contributed by atoms with Crippen LogP contribution in [0.5, 0.6) is 0 Å². The minimum absolute atomic E-state index is 0.249. The van der Waals surface area contributed by atoms with Crippen LogP contribution in [0.4, 0.5) is 10.1 Å². The van der Waals surface area contributed by atoms with Crippen molar-refractivity contribution >= 4 is 22.9 Å². The second-order valence-electron chi connectivity index (χ2n) is 11.3. The number of halogens is 1. The molecule has 6 nitrogen and oxygen atoms in total. The van der Waals surface area contributed by atoms with Crippen LogP contribution >= 0.6 is 0 Å². The van der Waals surface area contributed by atoms with Crippen molar-refractivity contribution in [3.8, 4) is 17.1 Å². The van der Waals surface area contributed by atoms with E-state index in [1.54, 1.807) is 0 Å². The third-order valence-corrected chi connectivity index (χ3v) is 8.62. The Bertz CT molecular complexity index is 1600. The van der Waals surface area contributed by atoms with Gasteiger partial charge in [-0.05, 0) is 87.1 Å². The van der Waals surface area contributed by atoms with Crippen molar-refractivity contribution in [3.05, 3.63) is 83.7 Å². The summed E-state index contributed by atoms with van der Waals surface area (Å²) in [5.41, 5.74) is 6.61. The highest BCUT2D eigenvalue weighted by atomic mass is 19.1. The summed E-state index contributed by atoms with van der Waals surface area (Å²) >= 11 is 0. The maximum atomic E-state index is 13.9. The minimum Gasteiger partial charge on any atom is -0.356 e. The molecule has 1 saturated carbocycles. The summed E-state index contributed by atoms with van der Waals surface area (Å²) in [6, 6.07) is 20.1. The molecular formula is C33H35FN6. The molecule has 2 aromatic carbocycles.